The molecule has 1 aromatic rings. The SMILES string of the molecule is COc1ccc(C(NCC(C2CC2)C2CC2)C2CC2)cc1. The summed E-state index contributed by atoms with van der Waals surface area (Å²) in [5.74, 6) is 4.87. The first-order chi connectivity index (χ1) is 10.3. The number of benzene rings is 1. The molecule has 1 atom stereocenters. The Kier molecular flexibility index (Phi) is 3.66. The molecule has 1 aromatic carbocycles. The van der Waals surface area contributed by atoms with Crippen molar-refractivity contribution in [2.45, 2.75) is 44.6 Å². The predicted octanol–water partition coefficient (Wildman–Crippen LogP) is 4.17. The molecule has 0 aromatic heterocycles. The van der Waals surface area contributed by atoms with Crippen molar-refractivity contribution < 1.29 is 4.74 Å². The Morgan fingerprint density at radius 1 is 0.952 bits per heavy atom. The quantitative estimate of drug-likeness (QED) is 0.774. The Balaban J connectivity index is 1.41. The molecule has 0 bridgehead atoms. The summed E-state index contributed by atoms with van der Waals surface area (Å²) in [6.07, 6.45) is 8.72. The van der Waals surface area contributed by atoms with Crippen LogP contribution in [0.25, 0.3) is 0 Å². The zero-order chi connectivity index (χ0) is 14.2. The normalized spacial score (nSPS) is 23.3. The number of methoxy groups -OCH3 is 1. The maximum absolute atomic E-state index is 5.28. The molecule has 2 heteroatoms. The minimum atomic E-state index is 0.566. The van der Waals surface area contributed by atoms with Crippen molar-refractivity contribution >= 4 is 0 Å². The maximum atomic E-state index is 5.28. The first-order valence-electron chi connectivity index (χ1n) is 8.72. The van der Waals surface area contributed by atoms with E-state index in [9.17, 15) is 0 Å². The maximum Gasteiger partial charge on any atom is 0.118 e. The van der Waals surface area contributed by atoms with E-state index in [1.54, 1.807) is 7.11 Å². The second-order valence-electron chi connectivity index (χ2n) is 7.34. The second kappa shape index (κ2) is 5.64. The van der Waals surface area contributed by atoms with Gasteiger partial charge in [-0.05, 0) is 86.4 Å². The molecule has 0 aliphatic heterocycles. The molecule has 114 valence electrons. The summed E-state index contributed by atoms with van der Waals surface area (Å²) in [4.78, 5) is 0. The van der Waals surface area contributed by atoms with E-state index in [2.05, 4.69) is 29.6 Å². The average Bonchev–Trinajstić information content (AvgIpc) is 3.39. The minimum Gasteiger partial charge on any atom is -0.497 e. The van der Waals surface area contributed by atoms with Crippen molar-refractivity contribution in [2.75, 3.05) is 13.7 Å². The van der Waals surface area contributed by atoms with Gasteiger partial charge in [0.1, 0.15) is 5.75 Å². The number of hydrogen-bond acceptors (Lipinski definition) is 2. The van der Waals surface area contributed by atoms with Gasteiger partial charge >= 0.3 is 0 Å². The van der Waals surface area contributed by atoms with E-state index in [-0.39, 0.29) is 0 Å². The van der Waals surface area contributed by atoms with Crippen molar-refractivity contribution in [1.82, 2.24) is 5.32 Å². The first-order valence-corrected chi connectivity index (χ1v) is 8.72. The second-order valence-corrected chi connectivity index (χ2v) is 7.34. The minimum absolute atomic E-state index is 0.566. The summed E-state index contributed by atoms with van der Waals surface area (Å²) in [5.41, 5.74) is 1.45. The predicted molar refractivity (Wildman–Crippen MR) is 85.4 cm³/mol. The fourth-order valence-electron chi connectivity index (χ4n) is 3.83. The molecule has 4 rings (SSSR count). The summed E-state index contributed by atoms with van der Waals surface area (Å²) in [5, 5.41) is 3.94. The summed E-state index contributed by atoms with van der Waals surface area (Å²) in [6, 6.07) is 9.27. The number of nitrogens with one attached hydrogen (secondary N) is 1. The molecule has 1 unspecified atom stereocenters. The van der Waals surface area contributed by atoms with Gasteiger partial charge in [-0.1, -0.05) is 12.1 Å². The molecule has 1 N–H and O–H groups in total. The fraction of sp³-hybridized carbons (Fsp3) is 0.684. The van der Waals surface area contributed by atoms with Gasteiger partial charge in [-0.25, -0.2) is 0 Å². The van der Waals surface area contributed by atoms with Gasteiger partial charge in [0.25, 0.3) is 0 Å². The van der Waals surface area contributed by atoms with Crippen LogP contribution in [0, 0.1) is 23.7 Å². The van der Waals surface area contributed by atoms with E-state index in [0.717, 1.165) is 29.4 Å². The van der Waals surface area contributed by atoms with Crippen molar-refractivity contribution in [2.24, 2.45) is 23.7 Å². The Morgan fingerprint density at radius 3 is 2.00 bits per heavy atom. The molecular formula is C19H27NO. The lowest BCUT2D eigenvalue weighted by molar-refractivity contribution is 0.344. The Bertz CT molecular complexity index is 459. The van der Waals surface area contributed by atoms with Gasteiger partial charge < -0.3 is 10.1 Å². The van der Waals surface area contributed by atoms with E-state index in [0.29, 0.717) is 6.04 Å². The molecule has 2 nitrogen and oxygen atoms in total. The zero-order valence-corrected chi connectivity index (χ0v) is 13.1. The van der Waals surface area contributed by atoms with E-state index >= 15 is 0 Å². The third-order valence-electron chi connectivity index (χ3n) is 5.60. The Labute approximate surface area is 128 Å². The van der Waals surface area contributed by atoms with Crippen LogP contribution in [0.3, 0.4) is 0 Å². The van der Waals surface area contributed by atoms with Gasteiger partial charge in [-0.3, -0.25) is 0 Å². The molecule has 21 heavy (non-hydrogen) atoms. The molecule has 0 saturated heterocycles. The fourth-order valence-corrected chi connectivity index (χ4v) is 3.83. The van der Waals surface area contributed by atoms with Gasteiger partial charge in [-0.2, -0.15) is 0 Å². The van der Waals surface area contributed by atoms with Gasteiger partial charge in [0.2, 0.25) is 0 Å². The van der Waals surface area contributed by atoms with Crippen molar-refractivity contribution in [3.05, 3.63) is 29.8 Å². The molecule has 0 radical (unpaired) electrons. The number of ether oxygens (including phenoxy) is 1. The lowest BCUT2D eigenvalue weighted by atomic mass is 9.95. The molecule has 3 fully saturated rings. The highest BCUT2D eigenvalue weighted by Gasteiger charge is 2.42. The third-order valence-corrected chi connectivity index (χ3v) is 5.60. The van der Waals surface area contributed by atoms with Crippen LogP contribution >= 0.6 is 0 Å². The van der Waals surface area contributed by atoms with E-state index in [1.807, 2.05) is 0 Å². The molecule has 0 amide bonds. The summed E-state index contributed by atoms with van der Waals surface area (Å²) in [7, 11) is 1.74. The summed E-state index contributed by atoms with van der Waals surface area (Å²) >= 11 is 0. The highest BCUT2D eigenvalue weighted by Crippen LogP contribution is 2.49. The summed E-state index contributed by atoms with van der Waals surface area (Å²) < 4.78 is 5.28. The average molecular weight is 285 g/mol. The Morgan fingerprint density at radius 2 is 1.52 bits per heavy atom. The van der Waals surface area contributed by atoms with Gasteiger partial charge in [0, 0.05) is 6.04 Å². The van der Waals surface area contributed by atoms with Crippen LogP contribution in [-0.2, 0) is 0 Å². The molecule has 3 saturated carbocycles. The van der Waals surface area contributed by atoms with Crippen LogP contribution < -0.4 is 10.1 Å². The van der Waals surface area contributed by atoms with Crippen LogP contribution in [-0.4, -0.2) is 13.7 Å². The largest absolute Gasteiger partial charge is 0.497 e. The van der Waals surface area contributed by atoms with Crippen LogP contribution in [0.15, 0.2) is 24.3 Å². The van der Waals surface area contributed by atoms with E-state index < -0.39 is 0 Å². The van der Waals surface area contributed by atoms with Crippen molar-refractivity contribution in [1.29, 1.82) is 0 Å². The standard InChI is InChI=1S/C19H27NO/c1-21-17-10-8-16(9-11-17)19(15-6-7-15)20-12-18(13-2-3-13)14-4-5-14/h8-11,13-15,18-20H,2-7,12H2,1H3. The van der Waals surface area contributed by atoms with Crippen molar-refractivity contribution in [3.63, 3.8) is 0 Å². The monoisotopic (exact) mass is 285 g/mol. The molecular weight excluding hydrogens is 258 g/mol. The number of rotatable bonds is 8. The third kappa shape index (κ3) is 3.26. The van der Waals surface area contributed by atoms with Crippen LogP contribution in [0.1, 0.15) is 50.1 Å². The molecule has 0 heterocycles. The van der Waals surface area contributed by atoms with Crippen LogP contribution in [0.5, 0.6) is 5.75 Å². The lowest BCUT2D eigenvalue weighted by Crippen LogP contribution is -2.30. The first kappa shape index (κ1) is 13.6. The highest BCUT2D eigenvalue weighted by molar-refractivity contribution is 5.30. The molecule has 3 aliphatic rings. The topological polar surface area (TPSA) is 21.3 Å². The van der Waals surface area contributed by atoms with E-state index in [4.69, 9.17) is 4.74 Å². The van der Waals surface area contributed by atoms with Crippen LogP contribution in [0.4, 0.5) is 0 Å². The molecule has 0 spiro atoms. The number of hydrogen-bond donors (Lipinski definition) is 1. The van der Waals surface area contributed by atoms with Gasteiger partial charge in [-0.15, -0.1) is 0 Å². The summed E-state index contributed by atoms with van der Waals surface area (Å²) in [6.45, 7) is 1.24. The molecule has 3 aliphatic carbocycles. The van der Waals surface area contributed by atoms with Crippen LogP contribution in [0.2, 0.25) is 0 Å². The van der Waals surface area contributed by atoms with Gasteiger partial charge in [0.05, 0.1) is 7.11 Å². The van der Waals surface area contributed by atoms with Crippen molar-refractivity contribution in [3.8, 4) is 5.75 Å². The smallest absolute Gasteiger partial charge is 0.118 e. The lowest BCUT2D eigenvalue weighted by Gasteiger charge is -2.23. The van der Waals surface area contributed by atoms with Gasteiger partial charge in [0.15, 0.2) is 0 Å². The van der Waals surface area contributed by atoms with E-state index in [1.165, 1.54) is 50.6 Å². The Hall–Kier alpha value is -1.02. The zero-order valence-electron chi connectivity index (χ0n) is 13.1. The highest BCUT2D eigenvalue weighted by atomic mass is 16.5.